The van der Waals surface area contributed by atoms with E-state index in [1.54, 1.807) is 0 Å². The summed E-state index contributed by atoms with van der Waals surface area (Å²) in [6.07, 6.45) is 2.42. The van der Waals surface area contributed by atoms with Gasteiger partial charge in [-0.2, -0.15) is 0 Å². The average Bonchev–Trinajstić information content (AvgIpc) is 2.42. The zero-order valence-electron chi connectivity index (χ0n) is 10.7. The van der Waals surface area contributed by atoms with Crippen LogP contribution >= 0.6 is 27.5 Å². The van der Waals surface area contributed by atoms with Crippen LogP contribution < -0.4 is 0 Å². The van der Waals surface area contributed by atoms with Gasteiger partial charge in [0.15, 0.2) is 0 Å². The Labute approximate surface area is 127 Å². The lowest BCUT2D eigenvalue weighted by Gasteiger charge is -2.31. The fourth-order valence-electron chi connectivity index (χ4n) is 2.34. The molecule has 1 aromatic rings. The van der Waals surface area contributed by atoms with Crippen LogP contribution in [0.1, 0.15) is 18.4 Å². The first-order valence-corrected chi connectivity index (χ1v) is 7.85. The Morgan fingerprint density at radius 1 is 1.37 bits per heavy atom. The van der Waals surface area contributed by atoms with Crippen LogP contribution in [0.25, 0.3) is 0 Å². The van der Waals surface area contributed by atoms with Gasteiger partial charge >= 0.3 is 0 Å². The Bertz CT molecular complexity index is 410. The molecule has 5 heteroatoms. The summed E-state index contributed by atoms with van der Waals surface area (Å²) in [7, 11) is 0. The lowest BCUT2D eigenvalue weighted by atomic mass is 10.1. The van der Waals surface area contributed by atoms with Gasteiger partial charge in [-0.25, -0.2) is 4.39 Å². The molecule has 0 unspecified atom stereocenters. The maximum atomic E-state index is 13.2. The van der Waals surface area contributed by atoms with Crippen molar-refractivity contribution in [2.45, 2.75) is 25.5 Å². The van der Waals surface area contributed by atoms with Crippen molar-refractivity contribution in [1.82, 2.24) is 4.90 Å². The second-order valence-electron chi connectivity index (χ2n) is 4.78. The maximum absolute atomic E-state index is 13.2. The highest BCUT2D eigenvalue weighted by molar-refractivity contribution is 9.10. The van der Waals surface area contributed by atoms with Gasteiger partial charge in [0.05, 0.1) is 17.2 Å². The summed E-state index contributed by atoms with van der Waals surface area (Å²) >= 11 is 8.84. The molecule has 0 amide bonds. The number of ether oxygens (including phenoxy) is 1. The van der Waals surface area contributed by atoms with E-state index < -0.39 is 0 Å². The quantitative estimate of drug-likeness (QED) is 0.749. The van der Waals surface area contributed by atoms with Crippen molar-refractivity contribution in [3.8, 4) is 0 Å². The molecule has 0 aliphatic carbocycles. The molecule has 0 radical (unpaired) electrons. The predicted molar refractivity (Wildman–Crippen MR) is 79.1 cm³/mol. The summed E-state index contributed by atoms with van der Waals surface area (Å²) in [6.45, 7) is 3.53. The highest BCUT2D eigenvalue weighted by Crippen LogP contribution is 2.20. The molecule has 1 fully saturated rings. The number of piperidine rings is 1. The van der Waals surface area contributed by atoms with Crippen LogP contribution in [-0.4, -0.2) is 36.6 Å². The van der Waals surface area contributed by atoms with E-state index >= 15 is 0 Å². The summed E-state index contributed by atoms with van der Waals surface area (Å²) < 4.78 is 19.3. The molecular weight excluding hydrogens is 333 g/mol. The zero-order valence-corrected chi connectivity index (χ0v) is 13.1. The van der Waals surface area contributed by atoms with E-state index in [9.17, 15) is 4.39 Å². The maximum Gasteiger partial charge on any atom is 0.137 e. The van der Waals surface area contributed by atoms with Gasteiger partial charge < -0.3 is 4.74 Å². The first kappa shape index (κ1) is 15.2. The molecule has 2 rings (SSSR count). The number of benzene rings is 1. The van der Waals surface area contributed by atoms with E-state index in [0.29, 0.717) is 23.1 Å². The van der Waals surface area contributed by atoms with Gasteiger partial charge in [0.1, 0.15) is 5.82 Å². The SMILES string of the molecule is Fc1ccc(CN2CCC(OCCCl)CC2)cc1Br. The fourth-order valence-corrected chi connectivity index (χ4v) is 2.86. The minimum Gasteiger partial charge on any atom is -0.377 e. The molecule has 0 saturated carbocycles. The van der Waals surface area contributed by atoms with E-state index in [1.807, 2.05) is 12.1 Å². The van der Waals surface area contributed by atoms with Gasteiger partial charge in [0, 0.05) is 25.5 Å². The zero-order chi connectivity index (χ0) is 13.7. The molecule has 1 saturated heterocycles. The second kappa shape index (κ2) is 7.58. The van der Waals surface area contributed by atoms with Gasteiger partial charge in [-0.3, -0.25) is 4.90 Å². The van der Waals surface area contributed by atoms with Gasteiger partial charge in [-0.15, -0.1) is 11.6 Å². The Balaban J connectivity index is 1.80. The van der Waals surface area contributed by atoms with Gasteiger partial charge in [0.25, 0.3) is 0 Å². The highest BCUT2D eigenvalue weighted by Gasteiger charge is 2.19. The van der Waals surface area contributed by atoms with Crippen molar-refractivity contribution in [3.05, 3.63) is 34.1 Å². The average molecular weight is 351 g/mol. The third kappa shape index (κ3) is 4.71. The van der Waals surface area contributed by atoms with Crippen LogP contribution in [0.5, 0.6) is 0 Å². The van der Waals surface area contributed by atoms with Crippen molar-refractivity contribution in [2.24, 2.45) is 0 Å². The minimum absolute atomic E-state index is 0.211. The van der Waals surface area contributed by atoms with Crippen LogP contribution in [0, 0.1) is 5.82 Å². The van der Waals surface area contributed by atoms with Crippen LogP contribution in [0.2, 0.25) is 0 Å². The van der Waals surface area contributed by atoms with Crippen LogP contribution in [0.3, 0.4) is 0 Å². The Kier molecular flexibility index (Phi) is 6.07. The monoisotopic (exact) mass is 349 g/mol. The van der Waals surface area contributed by atoms with Crippen molar-refractivity contribution in [3.63, 3.8) is 0 Å². The van der Waals surface area contributed by atoms with Crippen LogP contribution in [0.4, 0.5) is 4.39 Å². The third-order valence-corrected chi connectivity index (χ3v) is 4.12. The molecule has 19 heavy (non-hydrogen) atoms. The number of halogens is 3. The van der Waals surface area contributed by atoms with Crippen molar-refractivity contribution in [1.29, 1.82) is 0 Å². The van der Waals surface area contributed by atoms with E-state index in [2.05, 4.69) is 20.8 Å². The molecule has 1 heterocycles. The molecule has 1 aliphatic heterocycles. The molecule has 1 aliphatic rings. The molecule has 2 nitrogen and oxygen atoms in total. The smallest absolute Gasteiger partial charge is 0.137 e. The topological polar surface area (TPSA) is 12.5 Å². The van der Waals surface area contributed by atoms with E-state index in [0.717, 1.165) is 38.0 Å². The van der Waals surface area contributed by atoms with E-state index in [-0.39, 0.29) is 5.82 Å². The number of nitrogens with zero attached hydrogens (tertiary/aromatic N) is 1. The van der Waals surface area contributed by atoms with Crippen molar-refractivity contribution < 1.29 is 9.13 Å². The van der Waals surface area contributed by atoms with Crippen LogP contribution in [-0.2, 0) is 11.3 Å². The van der Waals surface area contributed by atoms with E-state index in [1.165, 1.54) is 6.07 Å². The number of hydrogen-bond acceptors (Lipinski definition) is 2. The molecule has 0 spiro atoms. The van der Waals surface area contributed by atoms with Gasteiger partial charge in [0.2, 0.25) is 0 Å². The summed E-state index contributed by atoms with van der Waals surface area (Å²) in [4.78, 5) is 2.38. The molecule has 0 atom stereocenters. The first-order valence-electron chi connectivity index (χ1n) is 6.53. The standard InChI is InChI=1S/C14H18BrClFNO/c15-13-9-11(1-2-14(13)17)10-18-6-3-12(4-7-18)19-8-5-16/h1-2,9,12H,3-8,10H2. The largest absolute Gasteiger partial charge is 0.377 e. The fraction of sp³-hybridized carbons (Fsp3) is 0.571. The summed E-state index contributed by atoms with van der Waals surface area (Å²) in [6, 6.07) is 5.21. The van der Waals surface area contributed by atoms with Crippen molar-refractivity contribution in [2.75, 3.05) is 25.6 Å². The summed E-state index contributed by atoms with van der Waals surface area (Å²) in [5.74, 6) is 0.348. The normalized spacial score (nSPS) is 17.8. The summed E-state index contributed by atoms with van der Waals surface area (Å²) in [5, 5.41) is 0. The molecular formula is C14H18BrClFNO. The number of rotatable bonds is 5. The molecule has 0 N–H and O–H groups in total. The Morgan fingerprint density at radius 2 is 2.11 bits per heavy atom. The molecule has 106 valence electrons. The third-order valence-electron chi connectivity index (χ3n) is 3.36. The summed E-state index contributed by atoms with van der Waals surface area (Å²) in [5.41, 5.74) is 1.13. The highest BCUT2D eigenvalue weighted by atomic mass is 79.9. The Hall–Kier alpha value is -0.160. The minimum atomic E-state index is -0.211. The molecule has 0 aromatic heterocycles. The number of alkyl halides is 1. The number of likely N-dealkylation sites (tertiary alicyclic amines) is 1. The lowest BCUT2D eigenvalue weighted by molar-refractivity contribution is 0.0134. The van der Waals surface area contributed by atoms with Crippen molar-refractivity contribution >= 4 is 27.5 Å². The molecule has 0 bridgehead atoms. The predicted octanol–water partition coefficient (Wildman–Crippen LogP) is 3.81. The Morgan fingerprint density at radius 3 is 2.74 bits per heavy atom. The van der Waals surface area contributed by atoms with Crippen LogP contribution in [0.15, 0.2) is 22.7 Å². The lowest BCUT2D eigenvalue weighted by Crippen LogP contribution is -2.36. The van der Waals surface area contributed by atoms with E-state index in [4.69, 9.17) is 16.3 Å². The van der Waals surface area contributed by atoms with Gasteiger partial charge in [-0.05, 0) is 46.5 Å². The first-order chi connectivity index (χ1) is 9.19. The number of hydrogen-bond donors (Lipinski definition) is 0. The second-order valence-corrected chi connectivity index (χ2v) is 6.02. The molecule has 1 aromatic carbocycles. The van der Waals surface area contributed by atoms with Gasteiger partial charge in [-0.1, -0.05) is 6.07 Å².